The van der Waals surface area contributed by atoms with Crippen molar-refractivity contribution in [2.24, 2.45) is 0 Å². The molecule has 0 aliphatic carbocycles. The number of rotatable bonds is 4. The maximum Gasteiger partial charge on any atom is 0.302 e. The van der Waals surface area contributed by atoms with Gasteiger partial charge in [0.1, 0.15) is 0 Å². The third kappa shape index (κ3) is 2.94. The number of carbonyl (C=O) groups is 2. The summed E-state index contributed by atoms with van der Waals surface area (Å²) >= 11 is 0. The molecule has 1 rings (SSSR count). The van der Waals surface area contributed by atoms with Crippen LogP contribution in [0.3, 0.4) is 0 Å². The van der Waals surface area contributed by atoms with E-state index in [-0.39, 0.29) is 23.0 Å². The van der Waals surface area contributed by atoms with E-state index in [9.17, 15) is 9.59 Å². The zero-order valence-corrected chi connectivity index (χ0v) is 13.4. The van der Waals surface area contributed by atoms with Crippen molar-refractivity contribution in [2.75, 3.05) is 6.61 Å². The molecule has 0 N–H and O–H groups in total. The van der Waals surface area contributed by atoms with Gasteiger partial charge in [-0.25, -0.2) is 0 Å². The van der Waals surface area contributed by atoms with Gasteiger partial charge in [-0.05, 0) is 5.04 Å². The summed E-state index contributed by atoms with van der Waals surface area (Å²) < 4.78 is 7.06. The number of β-lactam (4-membered cyclic amide) rings is 1. The highest BCUT2D eigenvalue weighted by molar-refractivity contribution is 6.79. The van der Waals surface area contributed by atoms with Gasteiger partial charge in [0, 0.05) is 25.8 Å². The Bertz CT molecular complexity index is 347. The summed E-state index contributed by atoms with van der Waals surface area (Å²) in [4.78, 5) is 22.6. The molecule has 5 heteroatoms. The van der Waals surface area contributed by atoms with E-state index in [4.69, 9.17) is 4.74 Å². The lowest BCUT2D eigenvalue weighted by atomic mass is 10.0. The molecular weight excluding hydrogens is 246 g/mol. The number of esters is 1. The van der Waals surface area contributed by atoms with Gasteiger partial charge in [0.2, 0.25) is 5.91 Å². The second kappa shape index (κ2) is 5.03. The van der Waals surface area contributed by atoms with Crippen LogP contribution in [0.4, 0.5) is 0 Å². The normalized spacial score (nSPS) is 20.7. The Morgan fingerprint density at radius 3 is 2.39 bits per heavy atom. The van der Waals surface area contributed by atoms with E-state index in [1.54, 1.807) is 0 Å². The average molecular weight is 271 g/mol. The first-order chi connectivity index (χ1) is 8.07. The monoisotopic (exact) mass is 271 g/mol. The van der Waals surface area contributed by atoms with Crippen LogP contribution in [-0.4, -0.2) is 37.3 Å². The van der Waals surface area contributed by atoms with Crippen molar-refractivity contribution in [1.29, 1.82) is 0 Å². The highest BCUT2D eigenvalue weighted by atomic mass is 28.3. The maximum atomic E-state index is 11.9. The number of hydrogen-bond donors (Lipinski definition) is 0. The van der Waals surface area contributed by atoms with E-state index in [1.807, 2.05) is 0 Å². The molecule has 0 radical (unpaired) electrons. The second-order valence-electron chi connectivity index (χ2n) is 6.56. The van der Waals surface area contributed by atoms with Crippen LogP contribution in [0.2, 0.25) is 18.1 Å². The highest BCUT2D eigenvalue weighted by Gasteiger charge is 2.51. The van der Waals surface area contributed by atoms with Crippen LogP contribution in [0.1, 0.15) is 40.5 Å². The van der Waals surface area contributed by atoms with E-state index in [2.05, 4.69) is 38.4 Å². The van der Waals surface area contributed by atoms with Gasteiger partial charge in [-0.15, -0.1) is 0 Å². The predicted octanol–water partition coefficient (Wildman–Crippen LogP) is 2.55. The predicted molar refractivity (Wildman–Crippen MR) is 73.7 cm³/mol. The van der Waals surface area contributed by atoms with Crippen LogP contribution < -0.4 is 0 Å². The summed E-state index contributed by atoms with van der Waals surface area (Å²) in [5.41, 5.74) is 0. The Morgan fingerprint density at radius 2 is 2.00 bits per heavy atom. The molecular formula is C13H25NO3Si. The van der Waals surface area contributed by atoms with Crippen LogP contribution in [0, 0.1) is 0 Å². The van der Waals surface area contributed by atoms with Gasteiger partial charge >= 0.3 is 5.97 Å². The molecule has 1 atom stereocenters. The maximum absolute atomic E-state index is 11.9. The summed E-state index contributed by atoms with van der Waals surface area (Å²) in [6.45, 7) is 12.9. The van der Waals surface area contributed by atoms with E-state index in [0.29, 0.717) is 13.0 Å². The molecule has 0 aromatic heterocycles. The summed E-state index contributed by atoms with van der Waals surface area (Å²) in [7, 11) is -1.78. The first-order valence-corrected chi connectivity index (χ1v) is 9.47. The summed E-state index contributed by atoms with van der Waals surface area (Å²) in [6, 6.07) is 0.262. The van der Waals surface area contributed by atoms with Crippen LogP contribution in [0.5, 0.6) is 0 Å². The van der Waals surface area contributed by atoms with Gasteiger partial charge in [0.25, 0.3) is 0 Å². The van der Waals surface area contributed by atoms with Crippen molar-refractivity contribution >= 4 is 20.1 Å². The number of hydrogen-bond acceptors (Lipinski definition) is 3. The Morgan fingerprint density at radius 1 is 1.44 bits per heavy atom. The minimum atomic E-state index is -1.78. The Kier molecular flexibility index (Phi) is 4.25. The van der Waals surface area contributed by atoms with E-state index in [0.717, 1.165) is 6.42 Å². The molecule has 104 valence electrons. The summed E-state index contributed by atoms with van der Waals surface area (Å²) in [6.07, 6.45) is 1.37. The fourth-order valence-corrected chi connectivity index (χ4v) is 4.75. The SMILES string of the molecule is CC(=O)OCCC1CC(=O)N1[Si](C)(C)C(C)(C)C. The fraction of sp³-hybridized carbons (Fsp3) is 0.846. The number of carbonyl (C=O) groups excluding carboxylic acids is 2. The smallest absolute Gasteiger partial charge is 0.302 e. The van der Waals surface area contributed by atoms with Crippen LogP contribution in [-0.2, 0) is 14.3 Å². The first kappa shape index (κ1) is 15.2. The molecule has 0 bridgehead atoms. The lowest BCUT2D eigenvalue weighted by Gasteiger charge is -2.55. The van der Waals surface area contributed by atoms with Gasteiger partial charge < -0.3 is 9.30 Å². The molecule has 1 amide bonds. The second-order valence-corrected chi connectivity index (χ2v) is 11.7. The first-order valence-electron chi connectivity index (χ1n) is 6.53. The van der Waals surface area contributed by atoms with Crippen molar-refractivity contribution in [3.05, 3.63) is 0 Å². The third-order valence-electron chi connectivity index (χ3n) is 4.24. The summed E-state index contributed by atoms with van der Waals surface area (Å²) in [5.74, 6) is 0.00828. The molecule has 1 aliphatic heterocycles. The molecule has 1 fully saturated rings. The van der Waals surface area contributed by atoms with E-state index in [1.165, 1.54) is 6.92 Å². The highest BCUT2D eigenvalue weighted by Crippen LogP contribution is 2.43. The molecule has 0 spiro atoms. The fourth-order valence-electron chi connectivity index (χ4n) is 2.18. The molecule has 0 saturated carbocycles. The Hall–Kier alpha value is -0.843. The lowest BCUT2D eigenvalue weighted by molar-refractivity contribution is -0.143. The Balaban J connectivity index is 2.63. The molecule has 18 heavy (non-hydrogen) atoms. The van der Waals surface area contributed by atoms with Crippen molar-refractivity contribution in [1.82, 2.24) is 4.57 Å². The van der Waals surface area contributed by atoms with Gasteiger partial charge in [-0.1, -0.05) is 33.9 Å². The van der Waals surface area contributed by atoms with Gasteiger partial charge in [-0.3, -0.25) is 9.59 Å². The molecule has 1 aliphatic rings. The van der Waals surface area contributed by atoms with Crippen molar-refractivity contribution in [2.45, 2.75) is 64.7 Å². The average Bonchev–Trinajstić information content (AvgIpc) is 2.12. The van der Waals surface area contributed by atoms with Gasteiger partial charge in [0.15, 0.2) is 8.24 Å². The molecule has 0 aromatic rings. The van der Waals surface area contributed by atoms with Crippen molar-refractivity contribution < 1.29 is 14.3 Å². The number of amides is 1. The molecule has 0 aromatic carbocycles. The summed E-state index contributed by atoms with van der Waals surface area (Å²) in [5, 5.41) is 0.156. The van der Waals surface area contributed by atoms with Crippen molar-refractivity contribution in [3.63, 3.8) is 0 Å². The zero-order valence-electron chi connectivity index (χ0n) is 12.4. The van der Waals surface area contributed by atoms with Crippen LogP contribution in [0.15, 0.2) is 0 Å². The zero-order chi connectivity index (χ0) is 14.1. The standard InChI is InChI=1S/C13H25NO3Si/c1-10(15)17-8-7-11-9-12(16)14(11)18(5,6)13(2,3)4/h11H,7-9H2,1-6H3. The number of nitrogens with zero attached hydrogens (tertiary/aromatic N) is 1. The van der Waals surface area contributed by atoms with E-state index < -0.39 is 8.24 Å². The topological polar surface area (TPSA) is 46.6 Å². The molecule has 4 nitrogen and oxygen atoms in total. The minimum absolute atomic E-state index is 0.156. The van der Waals surface area contributed by atoms with Crippen molar-refractivity contribution in [3.8, 4) is 0 Å². The van der Waals surface area contributed by atoms with Gasteiger partial charge in [-0.2, -0.15) is 0 Å². The van der Waals surface area contributed by atoms with Crippen LogP contribution >= 0.6 is 0 Å². The number of ether oxygens (including phenoxy) is 1. The molecule has 1 heterocycles. The quantitative estimate of drug-likeness (QED) is 0.448. The lowest BCUT2D eigenvalue weighted by Crippen LogP contribution is -2.68. The molecule has 1 saturated heterocycles. The third-order valence-corrected chi connectivity index (χ3v) is 9.73. The largest absolute Gasteiger partial charge is 0.466 e. The van der Waals surface area contributed by atoms with E-state index >= 15 is 0 Å². The van der Waals surface area contributed by atoms with Gasteiger partial charge in [0.05, 0.1) is 6.61 Å². The Labute approximate surface area is 111 Å². The van der Waals surface area contributed by atoms with Crippen LogP contribution in [0.25, 0.3) is 0 Å². The minimum Gasteiger partial charge on any atom is -0.466 e. The molecule has 1 unspecified atom stereocenters.